The molecule has 1 heterocycles. The Hall–Kier alpha value is -6.38. The third kappa shape index (κ3) is 5.67. The molecule has 2 heteroatoms. The average molecular weight is 693 g/mol. The van der Waals surface area contributed by atoms with E-state index >= 15 is 0 Å². The zero-order chi connectivity index (χ0) is 35.9. The van der Waals surface area contributed by atoms with Gasteiger partial charge in [0.15, 0.2) is 5.82 Å². The molecule has 10 rings (SSSR count). The molecule has 7 aromatic carbocycles. The highest BCUT2D eigenvalue weighted by Crippen LogP contribution is 2.58. The van der Waals surface area contributed by atoms with Gasteiger partial charge in [-0.15, -0.1) is 0 Å². The van der Waals surface area contributed by atoms with E-state index in [1.807, 2.05) is 24.3 Å². The molecule has 8 aromatic rings. The van der Waals surface area contributed by atoms with Crippen molar-refractivity contribution in [3.05, 3.63) is 193 Å². The van der Waals surface area contributed by atoms with Gasteiger partial charge >= 0.3 is 0 Å². The summed E-state index contributed by atoms with van der Waals surface area (Å²) in [6.45, 7) is 0. The van der Waals surface area contributed by atoms with Crippen LogP contribution in [0.4, 0.5) is 0 Å². The fraction of sp³-hybridized carbons (Fsp3) is 0.115. The van der Waals surface area contributed by atoms with E-state index in [2.05, 4.69) is 158 Å². The monoisotopic (exact) mass is 692 g/mol. The first kappa shape index (κ1) is 32.3. The molecule has 54 heavy (non-hydrogen) atoms. The van der Waals surface area contributed by atoms with E-state index < -0.39 is 0 Å². The Balaban J connectivity index is 0.968. The Labute approximate surface area is 317 Å². The molecule has 1 aromatic heterocycles. The minimum absolute atomic E-state index is 0.127. The van der Waals surface area contributed by atoms with Gasteiger partial charge in [-0.25, -0.2) is 9.97 Å². The smallest absolute Gasteiger partial charge is 0.160 e. The van der Waals surface area contributed by atoms with Crippen LogP contribution in [-0.4, -0.2) is 9.97 Å². The van der Waals surface area contributed by atoms with Crippen LogP contribution in [0.1, 0.15) is 43.2 Å². The van der Waals surface area contributed by atoms with Crippen molar-refractivity contribution < 1.29 is 0 Å². The number of hydrogen-bond donors (Lipinski definition) is 0. The molecule has 0 bridgehead atoms. The van der Waals surface area contributed by atoms with Crippen LogP contribution >= 0.6 is 0 Å². The third-order valence-corrected chi connectivity index (χ3v) is 11.7. The highest BCUT2D eigenvalue weighted by Gasteiger charge is 2.45. The highest BCUT2D eigenvalue weighted by molar-refractivity contribution is 5.89. The maximum atomic E-state index is 5.08. The van der Waals surface area contributed by atoms with Crippen molar-refractivity contribution in [1.82, 2.24) is 9.97 Å². The van der Waals surface area contributed by atoms with Gasteiger partial charge < -0.3 is 0 Å². The van der Waals surface area contributed by atoms with Gasteiger partial charge in [-0.1, -0.05) is 195 Å². The van der Waals surface area contributed by atoms with Crippen molar-refractivity contribution in [2.45, 2.75) is 37.5 Å². The summed E-state index contributed by atoms with van der Waals surface area (Å²) in [5.41, 5.74) is 18.5. The Morgan fingerprint density at radius 1 is 0.333 bits per heavy atom. The van der Waals surface area contributed by atoms with Crippen LogP contribution in [0.3, 0.4) is 0 Å². The van der Waals surface area contributed by atoms with E-state index in [9.17, 15) is 0 Å². The molecule has 1 spiro atoms. The van der Waals surface area contributed by atoms with E-state index in [1.54, 1.807) is 5.56 Å². The first-order valence-electron chi connectivity index (χ1n) is 19.3. The molecular weight excluding hydrogens is 653 g/mol. The predicted molar refractivity (Wildman–Crippen MR) is 224 cm³/mol. The summed E-state index contributed by atoms with van der Waals surface area (Å²) in [6.07, 6.45) is 6.40. The Kier molecular flexibility index (Phi) is 8.10. The minimum Gasteiger partial charge on any atom is -0.228 e. The normalized spacial score (nSPS) is 14.1. The lowest BCUT2D eigenvalue weighted by Crippen LogP contribution is -2.28. The summed E-state index contributed by atoms with van der Waals surface area (Å²) in [6, 6.07) is 65.7. The van der Waals surface area contributed by atoms with E-state index in [4.69, 9.17) is 9.97 Å². The van der Waals surface area contributed by atoms with Gasteiger partial charge in [0.1, 0.15) is 0 Å². The van der Waals surface area contributed by atoms with Crippen LogP contribution in [0.5, 0.6) is 0 Å². The molecule has 0 radical (unpaired) electrons. The number of hydrogen-bond acceptors (Lipinski definition) is 2. The molecule has 1 saturated carbocycles. The summed E-state index contributed by atoms with van der Waals surface area (Å²) in [7, 11) is 0. The van der Waals surface area contributed by atoms with Crippen LogP contribution in [0.25, 0.3) is 78.4 Å². The number of nitrogens with zero attached hydrogens (tertiary/aromatic N) is 2. The molecule has 0 amide bonds. The fourth-order valence-corrected chi connectivity index (χ4v) is 9.08. The molecule has 0 aliphatic heterocycles. The van der Waals surface area contributed by atoms with Crippen molar-refractivity contribution in [2.24, 2.45) is 0 Å². The van der Waals surface area contributed by atoms with E-state index in [-0.39, 0.29) is 5.41 Å². The average Bonchev–Trinajstić information content (AvgIpc) is 3.53. The highest BCUT2D eigenvalue weighted by atomic mass is 14.9. The standard InChI is InChI=1S/C52H40N2/c1-4-13-36(14-5-1)37-23-29-41(30-24-37)48-35-49(54-51(53-48)43-15-6-2-7-16-43)42-31-25-39(26-32-42)38-21-27-40(28-22-38)44-18-12-19-46-45-17-8-9-20-47(45)52(50(44)46)33-10-3-11-34-52/h1-2,4-9,12-32,35H,3,10-11,33-34H2. The van der Waals surface area contributed by atoms with Crippen molar-refractivity contribution in [3.8, 4) is 78.4 Å². The Bertz CT molecular complexity index is 2580. The van der Waals surface area contributed by atoms with Gasteiger partial charge in [0.25, 0.3) is 0 Å². The molecule has 2 aliphatic carbocycles. The summed E-state index contributed by atoms with van der Waals surface area (Å²) in [5.74, 6) is 0.723. The number of rotatable bonds is 6. The van der Waals surface area contributed by atoms with Gasteiger partial charge in [0.05, 0.1) is 11.4 Å². The Morgan fingerprint density at radius 3 is 1.37 bits per heavy atom. The zero-order valence-corrected chi connectivity index (χ0v) is 30.3. The summed E-state index contributed by atoms with van der Waals surface area (Å²) >= 11 is 0. The topological polar surface area (TPSA) is 25.8 Å². The van der Waals surface area contributed by atoms with Crippen molar-refractivity contribution in [1.29, 1.82) is 0 Å². The second-order valence-electron chi connectivity index (χ2n) is 14.8. The van der Waals surface area contributed by atoms with Gasteiger partial charge in [-0.05, 0) is 74.5 Å². The summed E-state index contributed by atoms with van der Waals surface area (Å²) in [4.78, 5) is 10.1. The quantitative estimate of drug-likeness (QED) is 0.173. The molecule has 0 unspecified atom stereocenters. The van der Waals surface area contributed by atoms with Crippen molar-refractivity contribution in [2.75, 3.05) is 0 Å². The van der Waals surface area contributed by atoms with Crippen molar-refractivity contribution in [3.63, 3.8) is 0 Å². The summed E-state index contributed by atoms with van der Waals surface area (Å²) in [5, 5.41) is 0. The van der Waals surface area contributed by atoms with E-state index in [0.717, 1.165) is 33.9 Å². The maximum absolute atomic E-state index is 5.08. The molecule has 258 valence electrons. The molecule has 2 aliphatic rings. The minimum atomic E-state index is 0.127. The van der Waals surface area contributed by atoms with Gasteiger partial charge in [0, 0.05) is 22.1 Å². The van der Waals surface area contributed by atoms with Gasteiger partial charge in [-0.2, -0.15) is 0 Å². The fourth-order valence-electron chi connectivity index (χ4n) is 9.08. The van der Waals surface area contributed by atoms with Crippen LogP contribution in [0.15, 0.2) is 182 Å². The molecule has 2 nitrogen and oxygen atoms in total. The molecule has 0 atom stereocenters. The molecule has 0 N–H and O–H groups in total. The zero-order valence-electron chi connectivity index (χ0n) is 30.3. The SMILES string of the molecule is c1ccc(-c2ccc(-c3cc(-c4ccc(-c5ccc(-c6cccc7c6C6(CCCCC6)c6ccccc6-7)cc5)cc4)nc(-c4ccccc4)n3)cc2)cc1. The number of fused-ring (bicyclic) bond motifs is 5. The van der Waals surface area contributed by atoms with Gasteiger partial charge in [-0.3, -0.25) is 0 Å². The lowest BCUT2D eigenvalue weighted by molar-refractivity contribution is 0.353. The number of benzene rings is 7. The first-order chi connectivity index (χ1) is 26.7. The van der Waals surface area contributed by atoms with Crippen LogP contribution < -0.4 is 0 Å². The maximum Gasteiger partial charge on any atom is 0.160 e. The third-order valence-electron chi connectivity index (χ3n) is 11.7. The molecule has 1 fully saturated rings. The largest absolute Gasteiger partial charge is 0.228 e. The van der Waals surface area contributed by atoms with Crippen LogP contribution in [0, 0.1) is 0 Å². The second kappa shape index (κ2) is 13.5. The van der Waals surface area contributed by atoms with Crippen LogP contribution in [0.2, 0.25) is 0 Å². The predicted octanol–water partition coefficient (Wildman–Crippen LogP) is 13.7. The van der Waals surface area contributed by atoms with E-state index in [1.165, 1.54) is 82.2 Å². The summed E-state index contributed by atoms with van der Waals surface area (Å²) < 4.78 is 0. The number of aromatic nitrogens is 2. The lowest BCUT2D eigenvalue weighted by Gasteiger charge is -2.37. The van der Waals surface area contributed by atoms with E-state index in [0.29, 0.717) is 0 Å². The molecular formula is C52H40N2. The first-order valence-corrected chi connectivity index (χ1v) is 19.3. The Morgan fingerprint density at radius 2 is 0.778 bits per heavy atom. The van der Waals surface area contributed by atoms with Gasteiger partial charge in [0.2, 0.25) is 0 Å². The van der Waals surface area contributed by atoms with Crippen molar-refractivity contribution >= 4 is 0 Å². The molecule has 0 saturated heterocycles. The second-order valence-corrected chi connectivity index (χ2v) is 14.8. The lowest BCUT2D eigenvalue weighted by atomic mass is 9.66. The van der Waals surface area contributed by atoms with Crippen LogP contribution in [-0.2, 0) is 5.41 Å².